The lowest BCUT2D eigenvalue weighted by Gasteiger charge is -2.05. The van der Waals surface area contributed by atoms with E-state index in [-0.39, 0.29) is 11.9 Å². The first-order chi connectivity index (χ1) is 29.5. The molecular formula is C56H114O4. The fourth-order valence-corrected chi connectivity index (χ4v) is 7.96. The summed E-state index contributed by atoms with van der Waals surface area (Å²) in [7, 11) is 0. The lowest BCUT2D eigenvalue weighted by Crippen LogP contribution is -2.11. The highest BCUT2D eigenvalue weighted by Gasteiger charge is 2.10. The first-order valence-electron chi connectivity index (χ1n) is 27.9. The summed E-state index contributed by atoms with van der Waals surface area (Å²) in [5.41, 5.74) is 0. The monoisotopic (exact) mass is 851 g/mol. The standard InChI is InChI=1S/C36H70O3.C12H26O.C8H18/c1-3-5-7-9-11-13-15-17-19-21-23-25-27-29-31-33-35(37)39-36(38)34-32-30-28-26-24-22-20-18-16-14-12-10-8-6-4-2;1-2-3-4-5-6-7-8-9-10-11-12-13;1-3-5-7-8-6-4-2/h3-34H2,1-2H3;13H,2-12H2,1H3;3-8H2,1-2H3. The van der Waals surface area contributed by atoms with Crippen molar-refractivity contribution in [3.8, 4) is 0 Å². The Labute approximate surface area is 379 Å². The van der Waals surface area contributed by atoms with Gasteiger partial charge in [-0.1, -0.05) is 311 Å². The van der Waals surface area contributed by atoms with E-state index < -0.39 is 0 Å². The minimum atomic E-state index is -0.323. The van der Waals surface area contributed by atoms with Gasteiger partial charge in [-0.2, -0.15) is 0 Å². The molecule has 0 aliphatic heterocycles. The van der Waals surface area contributed by atoms with Crippen molar-refractivity contribution in [1.29, 1.82) is 0 Å². The molecule has 1 N–H and O–H groups in total. The molecule has 4 nitrogen and oxygen atoms in total. The van der Waals surface area contributed by atoms with E-state index in [0.29, 0.717) is 19.4 Å². The molecule has 0 unspecified atom stereocenters. The average Bonchev–Trinajstić information content (AvgIpc) is 3.25. The highest BCUT2D eigenvalue weighted by Crippen LogP contribution is 2.16. The largest absolute Gasteiger partial charge is 0.396 e. The van der Waals surface area contributed by atoms with Gasteiger partial charge in [0.2, 0.25) is 0 Å². The number of rotatable bonds is 47. The molecule has 0 saturated carbocycles. The molecule has 4 heteroatoms. The fraction of sp³-hybridized carbons (Fsp3) is 0.964. The maximum absolute atomic E-state index is 11.9. The third-order valence-corrected chi connectivity index (χ3v) is 12.2. The molecule has 0 aromatic carbocycles. The Morgan fingerprint density at radius 1 is 0.250 bits per heavy atom. The van der Waals surface area contributed by atoms with E-state index in [4.69, 9.17) is 9.84 Å². The van der Waals surface area contributed by atoms with E-state index in [0.717, 1.165) is 32.1 Å². The summed E-state index contributed by atoms with van der Waals surface area (Å²) < 4.78 is 5.01. The molecule has 0 aromatic rings. The van der Waals surface area contributed by atoms with E-state index >= 15 is 0 Å². The molecule has 0 aliphatic carbocycles. The topological polar surface area (TPSA) is 63.6 Å². The lowest BCUT2D eigenvalue weighted by molar-refractivity contribution is -0.159. The van der Waals surface area contributed by atoms with Crippen LogP contribution < -0.4 is 0 Å². The van der Waals surface area contributed by atoms with Crippen LogP contribution in [0, 0.1) is 0 Å². The van der Waals surface area contributed by atoms with Crippen LogP contribution in [-0.4, -0.2) is 23.7 Å². The highest BCUT2D eigenvalue weighted by atomic mass is 16.6. The number of ether oxygens (including phenoxy) is 1. The Kier molecular flexibility index (Phi) is 65.9. The second-order valence-corrected chi connectivity index (χ2v) is 18.6. The number of aliphatic hydroxyl groups is 1. The normalized spacial score (nSPS) is 10.9. The summed E-state index contributed by atoms with van der Waals surface area (Å²) in [5.74, 6) is -0.647. The van der Waals surface area contributed by atoms with E-state index in [9.17, 15) is 9.59 Å². The minimum absolute atomic E-state index is 0.323. The van der Waals surface area contributed by atoms with Crippen LogP contribution in [0.15, 0.2) is 0 Å². The van der Waals surface area contributed by atoms with Gasteiger partial charge < -0.3 is 9.84 Å². The summed E-state index contributed by atoms with van der Waals surface area (Å²) in [6, 6.07) is 0. The average molecular weight is 852 g/mol. The van der Waals surface area contributed by atoms with Crippen molar-refractivity contribution < 1.29 is 19.4 Å². The van der Waals surface area contributed by atoms with Gasteiger partial charge in [0.25, 0.3) is 0 Å². The molecule has 0 rings (SSSR count). The number of carbonyl (C=O) groups excluding carboxylic acids is 2. The van der Waals surface area contributed by atoms with Crippen LogP contribution >= 0.6 is 0 Å². The molecule has 0 bridgehead atoms. The van der Waals surface area contributed by atoms with Crippen LogP contribution in [-0.2, 0) is 14.3 Å². The van der Waals surface area contributed by atoms with Gasteiger partial charge in [-0.05, 0) is 19.3 Å². The molecule has 0 aliphatic rings. The smallest absolute Gasteiger partial charge is 0.313 e. The van der Waals surface area contributed by atoms with Gasteiger partial charge >= 0.3 is 11.9 Å². The molecule has 0 heterocycles. The Morgan fingerprint density at radius 2 is 0.400 bits per heavy atom. The van der Waals surface area contributed by atoms with Crippen molar-refractivity contribution in [2.24, 2.45) is 0 Å². The first-order valence-corrected chi connectivity index (χ1v) is 27.9. The Bertz CT molecular complexity index is 692. The molecule has 0 aromatic heterocycles. The maximum atomic E-state index is 11.9. The van der Waals surface area contributed by atoms with Gasteiger partial charge in [-0.15, -0.1) is 0 Å². The molecule has 0 spiro atoms. The number of carbonyl (C=O) groups is 2. The van der Waals surface area contributed by atoms with E-state index in [2.05, 4.69) is 34.6 Å². The quantitative estimate of drug-likeness (QED) is 0.0376. The summed E-state index contributed by atoms with van der Waals surface area (Å²) >= 11 is 0. The molecule has 0 atom stereocenters. The minimum Gasteiger partial charge on any atom is -0.396 e. The van der Waals surface area contributed by atoms with Gasteiger partial charge in [0.1, 0.15) is 0 Å². The van der Waals surface area contributed by atoms with Crippen molar-refractivity contribution in [2.75, 3.05) is 6.61 Å². The van der Waals surface area contributed by atoms with E-state index in [1.165, 1.54) is 263 Å². The van der Waals surface area contributed by atoms with Crippen LogP contribution in [0.4, 0.5) is 0 Å². The van der Waals surface area contributed by atoms with E-state index in [1.807, 2.05) is 0 Å². The second-order valence-electron chi connectivity index (χ2n) is 18.6. The van der Waals surface area contributed by atoms with Gasteiger partial charge in [0.05, 0.1) is 0 Å². The molecular weight excluding hydrogens is 737 g/mol. The molecule has 60 heavy (non-hydrogen) atoms. The zero-order chi connectivity index (χ0) is 44.5. The van der Waals surface area contributed by atoms with Gasteiger partial charge in [-0.25, -0.2) is 0 Å². The number of hydrogen-bond acceptors (Lipinski definition) is 4. The Balaban J connectivity index is -0.00000125. The molecule has 0 radical (unpaired) electrons. The van der Waals surface area contributed by atoms with Crippen molar-refractivity contribution in [3.05, 3.63) is 0 Å². The van der Waals surface area contributed by atoms with Crippen LogP contribution in [0.3, 0.4) is 0 Å². The maximum Gasteiger partial charge on any atom is 0.313 e. The predicted molar refractivity (Wildman–Crippen MR) is 268 cm³/mol. The second kappa shape index (κ2) is 62.4. The number of esters is 2. The van der Waals surface area contributed by atoms with Crippen molar-refractivity contribution in [1.82, 2.24) is 0 Å². The molecule has 0 fully saturated rings. The van der Waals surface area contributed by atoms with Crippen LogP contribution in [0.5, 0.6) is 0 Å². The zero-order valence-corrected chi connectivity index (χ0v) is 42.3. The van der Waals surface area contributed by atoms with Crippen molar-refractivity contribution in [3.63, 3.8) is 0 Å². The third-order valence-electron chi connectivity index (χ3n) is 12.2. The Hall–Kier alpha value is -0.900. The van der Waals surface area contributed by atoms with Gasteiger partial charge in [0.15, 0.2) is 0 Å². The molecule has 0 saturated heterocycles. The number of unbranched alkanes of at least 4 members (excludes halogenated alkanes) is 42. The molecule has 362 valence electrons. The Morgan fingerprint density at radius 3 is 0.567 bits per heavy atom. The van der Waals surface area contributed by atoms with E-state index in [1.54, 1.807) is 0 Å². The summed E-state index contributed by atoms with van der Waals surface area (Å²) in [6.45, 7) is 11.7. The third kappa shape index (κ3) is 66.2. The fourth-order valence-electron chi connectivity index (χ4n) is 7.96. The van der Waals surface area contributed by atoms with Crippen LogP contribution in [0.25, 0.3) is 0 Å². The summed E-state index contributed by atoms with van der Waals surface area (Å²) in [5, 5.41) is 8.57. The molecule has 0 amide bonds. The van der Waals surface area contributed by atoms with Gasteiger partial charge in [-0.3, -0.25) is 9.59 Å². The van der Waals surface area contributed by atoms with Gasteiger partial charge in [0, 0.05) is 19.4 Å². The first kappa shape index (κ1) is 63.4. The predicted octanol–water partition coefficient (Wildman–Crippen LogP) is 19.8. The van der Waals surface area contributed by atoms with Crippen molar-refractivity contribution >= 4 is 11.9 Å². The van der Waals surface area contributed by atoms with Crippen molar-refractivity contribution in [2.45, 2.75) is 343 Å². The van der Waals surface area contributed by atoms with Crippen LogP contribution in [0.2, 0.25) is 0 Å². The number of aliphatic hydroxyl groups excluding tert-OH is 1. The SMILES string of the molecule is CCCCCCCC.CCCCCCCCCCCCCCCCCC(=O)OC(=O)CCCCCCCCCCCCCCCCC.CCCCCCCCCCCCO. The number of hydrogen-bond donors (Lipinski definition) is 1. The van der Waals surface area contributed by atoms with Crippen LogP contribution in [0.1, 0.15) is 343 Å². The zero-order valence-electron chi connectivity index (χ0n) is 42.3. The highest BCUT2D eigenvalue weighted by molar-refractivity contribution is 5.85. The summed E-state index contributed by atoms with van der Waals surface area (Å²) in [4.78, 5) is 23.8. The summed E-state index contributed by atoms with van der Waals surface area (Å²) in [6.07, 6.45) is 61.9. The lowest BCUT2D eigenvalue weighted by atomic mass is 10.0.